The molecule has 1 N–H and O–H groups in total. The van der Waals surface area contributed by atoms with Gasteiger partial charge in [-0.15, -0.1) is 0 Å². The van der Waals surface area contributed by atoms with Crippen molar-refractivity contribution in [2.75, 3.05) is 6.16 Å². The van der Waals surface area contributed by atoms with Gasteiger partial charge in [0.05, 0.1) is 6.16 Å². The first-order valence-electron chi connectivity index (χ1n) is 12.0. The van der Waals surface area contributed by atoms with E-state index in [0.29, 0.717) is 6.42 Å². The summed E-state index contributed by atoms with van der Waals surface area (Å²) in [6, 6.07) is 33.4. The fourth-order valence-electron chi connectivity index (χ4n) is 4.57. The van der Waals surface area contributed by atoms with Gasteiger partial charge in [-0.25, -0.2) is 0 Å². The molecule has 0 atom stereocenters. The van der Waals surface area contributed by atoms with Crippen LogP contribution in [0.3, 0.4) is 0 Å². The van der Waals surface area contributed by atoms with Crippen LogP contribution in [0.2, 0.25) is 0 Å². The minimum Gasteiger partial charge on any atom is -1.00 e. The number of carboxylic acids is 1. The molecule has 0 spiro atoms. The predicted molar refractivity (Wildman–Crippen MR) is 139 cm³/mol. The average Bonchev–Trinajstić information content (AvgIpc) is 2.84. The van der Waals surface area contributed by atoms with Gasteiger partial charge in [0.1, 0.15) is 23.2 Å². The zero-order valence-electron chi connectivity index (χ0n) is 19.4. The minimum absolute atomic E-state index is 0. The van der Waals surface area contributed by atoms with Crippen LogP contribution in [0.15, 0.2) is 91.0 Å². The largest absolute Gasteiger partial charge is 1.00 e. The average molecular weight is 527 g/mol. The Bertz CT molecular complexity index is 819. The van der Waals surface area contributed by atoms with E-state index in [-0.39, 0.29) is 17.0 Å². The molecular weight excluding hydrogens is 491 g/mol. The van der Waals surface area contributed by atoms with Gasteiger partial charge in [-0.1, -0.05) is 86.7 Å². The fourth-order valence-corrected chi connectivity index (χ4v) is 8.98. The normalized spacial score (nSPS) is 11.0. The third kappa shape index (κ3) is 8.09. The number of aliphatic carboxylic acids is 1. The molecule has 0 aliphatic rings. The molecule has 0 aliphatic heterocycles. The van der Waals surface area contributed by atoms with E-state index < -0.39 is 13.2 Å². The highest BCUT2D eigenvalue weighted by Gasteiger charge is 2.44. The highest BCUT2D eigenvalue weighted by molar-refractivity contribution is 7.95. The molecule has 0 fully saturated rings. The highest BCUT2D eigenvalue weighted by Crippen LogP contribution is 2.55. The molecule has 0 amide bonds. The second-order valence-corrected chi connectivity index (χ2v) is 12.1. The summed E-state index contributed by atoms with van der Waals surface area (Å²) >= 11 is 0. The van der Waals surface area contributed by atoms with Crippen LogP contribution in [0.4, 0.5) is 0 Å². The van der Waals surface area contributed by atoms with Crippen molar-refractivity contribution < 1.29 is 26.9 Å². The number of carboxylic acid groups (broad SMARTS) is 1. The SMILES string of the molecule is O=C(O)CCCCCCCCCC[P+](c1ccccc1)(c1ccccc1)c1ccccc1.[Br-]. The lowest BCUT2D eigenvalue weighted by molar-refractivity contribution is -0.137. The monoisotopic (exact) mass is 526 g/mol. The molecule has 0 saturated carbocycles. The summed E-state index contributed by atoms with van der Waals surface area (Å²) in [4.78, 5) is 10.6. The van der Waals surface area contributed by atoms with Gasteiger partial charge < -0.3 is 22.1 Å². The maximum absolute atomic E-state index is 10.6. The van der Waals surface area contributed by atoms with Gasteiger partial charge >= 0.3 is 5.97 Å². The predicted octanol–water partition coefficient (Wildman–Crippen LogP) is 3.58. The van der Waals surface area contributed by atoms with E-state index in [0.717, 1.165) is 19.3 Å². The van der Waals surface area contributed by atoms with E-state index in [1.807, 2.05) is 0 Å². The Kier molecular flexibility index (Phi) is 12.4. The highest BCUT2D eigenvalue weighted by atomic mass is 79.9. The first-order chi connectivity index (χ1) is 15.7. The van der Waals surface area contributed by atoms with E-state index in [1.54, 1.807) is 0 Å². The molecule has 0 heterocycles. The number of carbonyl (C=O) groups is 1. The van der Waals surface area contributed by atoms with Crippen LogP contribution in [-0.2, 0) is 4.79 Å². The van der Waals surface area contributed by atoms with Crippen molar-refractivity contribution in [3.05, 3.63) is 91.0 Å². The van der Waals surface area contributed by atoms with Gasteiger partial charge in [0.15, 0.2) is 0 Å². The second-order valence-electron chi connectivity index (χ2n) is 8.51. The lowest BCUT2D eigenvalue weighted by Gasteiger charge is -2.27. The van der Waals surface area contributed by atoms with Crippen LogP contribution < -0.4 is 32.9 Å². The topological polar surface area (TPSA) is 37.3 Å². The molecule has 33 heavy (non-hydrogen) atoms. The van der Waals surface area contributed by atoms with Gasteiger partial charge in [-0.2, -0.15) is 0 Å². The molecule has 3 aromatic carbocycles. The number of unbranched alkanes of at least 4 members (excludes halogenated alkanes) is 7. The molecule has 0 aliphatic carbocycles. The van der Waals surface area contributed by atoms with Gasteiger partial charge in [0, 0.05) is 6.42 Å². The second kappa shape index (κ2) is 15.0. The molecule has 0 radical (unpaired) electrons. The number of hydrogen-bond donors (Lipinski definition) is 1. The molecule has 0 bridgehead atoms. The van der Waals surface area contributed by atoms with Crippen molar-refractivity contribution in [1.82, 2.24) is 0 Å². The molecule has 0 unspecified atom stereocenters. The van der Waals surface area contributed by atoms with Crippen molar-refractivity contribution >= 4 is 29.1 Å². The Labute approximate surface area is 210 Å². The Morgan fingerprint density at radius 3 is 1.24 bits per heavy atom. The number of rotatable bonds is 14. The lowest BCUT2D eigenvalue weighted by atomic mass is 10.1. The summed E-state index contributed by atoms with van der Waals surface area (Å²) in [5.74, 6) is -0.674. The van der Waals surface area contributed by atoms with Crippen molar-refractivity contribution in [2.45, 2.75) is 57.8 Å². The Morgan fingerprint density at radius 2 is 0.879 bits per heavy atom. The third-order valence-electron chi connectivity index (χ3n) is 6.23. The zero-order valence-corrected chi connectivity index (χ0v) is 21.9. The van der Waals surface area contributed by atoms with E-state index >= 15 is 0 Å². The van der Waals surface area contributed by atoms with Gasteiger partial charge in [0.25, 0.3) is 0 Å². The quantitative estimate of drug-likeness (QED) is 0.257. The summed E-state index contributed by atoms with van der Waals surface area (Å²) in [5.41, 5.74) is 0. The molecule has 3 rings (SSSR count). The van der Waals surface area contributed by atoms with Crippen LogP contribution in [0, 0.1) is 0 Å². The molecule has 176 valence electrons. The summed E-state index contributed by atoms with van der Waals surface area (Å²) < 4.78 is 0. The van der Waals surface area contributed by atoms with Crippen molar-refractivity contribution in [1.29, 1.82) is 0 Å². The van der Waals surface area contributed by atoms with Crippen LogP contribution in [0.1, 0.15) is 57.8 Å². The number of hydrogen-bond acceptors (Lipinski definition) is 1. The fraction of sp³-hybridized carbons (Fsp3) is 0.345. The van der Waals surface area contributed by atoms with E-state index in [2.05, 4.69) is 91.0 Å². The van der Waals surface area contributed by atoms with E-state index in [4.69, 9.17) is 5.11 Å². The Balaban J connectivity index is 0.00000385. The number of halogens is 1. The number of benzene rings is 3. The van der Waals surface area contributed by atoms with Crippen LogP contribution in [0.25, 0.3) is 0 Å². The first-order valence-corrected chi connectivity index (χ1v) is 14.0. The van der Waals surface area contributed by atoms with Crippen LogP contribution in [0.5, 0.6) is 0 Å². The van der Waals surface area contributed by atoms with Crippen molar-refractivity contribution in [2.24, 2.45) is 0 Å². The summed E-state index contributed by atoms with van der Waals surface area (Å²) in [5, 5.41) is 13.1. The molecule has 3 aromatic rings. The Morgan fingerprint density at radius 1 is 0.545 bits per heavy atom. The van der Waals surface area contributed by atoms with E-state index in [1.165, 1.54) is 54.2 Å². The maximum Gasteiger partial charge on any atom is 0.303 e. The summed E-state index contributed by atoms with van der Waals surface area (Å²) in [6.45, 7) is 0. The molecule has 0 saturated heterocycles. The molecule has 2 nitrogen and oxygen atoms in total. The molecule has 4 heteroatoms. The van der Waals surface area contributed by atoms with Crippen molar-refractivity contribution in [3.8, 4) is 0 Å². The Hall–Kier alpha value is -1.96. The third-order valence-corrected chi connectivity index (χ3v) is 10.8. The van der Waals surface area contributed by atoms with E-state index in [9.17, 15) is 4.79 Å². The van der Waals surface area contributed by atoms with Crippen molar-refractivity contribution in [3.63, 3.8) is 0 Å². The molecular formula is C29H36BrO2P. The zero-order chi connectivity index (χ0) is 22.5. The maximum atomic E-state index is 10.6. The molecule has 0 aromatic heterocycles. The van der Waals surface area contributed by atoms with Gasteiger partial charge in [0.2, 0.25) is 0 Å². The van der Waals surface area contributed by atoms with Crippen LogP contribution in [-0.4, -0.2) is 17.2 Å². The summed E-state index contributed by atoms with van der Waals surface area (Å²) in [6.07, 6.45) is 10.7. The minimum atomic E-state index is -1.69. The summed E-state index contributed by atoms with van der Waals surface area (Å²) in [7, 11) is -1.69. The van der Waals surface area contributed by atoms with Gasteiger partial charge in [-0.05, 0) is 55.7 Å². The standard InChI is InChI=1S/C29H35O2P.BrH/c30-29(31)24-16-5-3-1-2-4-6-17-25-32(26-18-10-7-11-19-26,27-20-12-8-13-21-27)28-22-14-9-15-23-28;/h7-15,18-23H,1-6,16-17,24-25H2;1H. The first kappa shape index (κ1) is 27.3. The lowest BCUT2D eigenvalue weighted by Crippen LogP contribution is -3.00. The smallest absolute Gasteiger partial charge is 0.303 e. The van der Waals surface area contributed by atoms with Gasteiger partial charge in [-0.3, -0.25) is 4.79 Å². The van der Waals surface area contributed by atoms with Crippen LogP contribution >= 0.6 is 7.26 Å².